The Morgan fingerprint density at radius 1 is 1.27 bits per heavy atom. The lowest BCUT2D eigenvalue weighted by Gasteiger charge is -2.38. The zero-order chi connectivity index (χ0) is 21.1. The van der Waals surface area contributed by atoms with Crippen molar-refractivity contribution in [1.29, 1.82) is 5.26 Å². The van der Waals surface area contributed by atoms with E-state index in [-0.39, 0.29) is 18.1 Å². The second-order valence-electron chi connectivity index (χ2n) is 7.27. The van der Waals surface area contributed by atoms with E-state index in [1.54, 1.807) is 24.4 Å². The Bertz CT molecular complexity index is 1090. The molecule has 0 spiro atoms. The first-order valence-electron chi connectivity index (χ1n) is 9.74. The van der Waals surface area contributed by atoms with Crippen molar-refractivity contribution < 1.29 is 9.53 Å². The number of hydrogen-bond acceptors (Lipinski definition) is 7. The largest absolute Gasteiger partial charge is 0.472 e. The van der Waals surface area contributed by atoms with Gasteiger partial charge in [-0.05, 0) is 50.1 Å². The summed E-state index contributed by atoms with van der Waals surface area (Å²) in [6.45, 7) is 4.28. The number of ether oxygens (including phenoxy) is 1. The van der Waals surface area contributed by atoms with Crippen molar-refractivity contribution in [3.63, 3.8) is 0 Å². The molecule has 3 heterocycles. The van der Waals surface area contributed by atoms with E-state index in [1.807, 2.05) is 30.9 Å². The molecule has 1 amide bonds. The maximum Gasteiger partial charge on any atom is 0.256 e. The number of aromatic nitrogens is 5. The molecule has 0 saturated carbocycles. The molecule has 152 valence electrons. The lowest BCUT2D eigenvalue weighted by Crippen LogP contribution is -2.49. The van der Waals surface area contributed by atoms with Crippen LogP contribution in [0.2, 0.25) is 0 Å². The van der Waals surface area contributed by atoms with Crippen LogP contribution in [0.3, 0.4) is 0 Å². The summed E-state index contributed by atoms with van der Waals surface area (Å²) in [4.78, 5) is 20.8. The van der Waals surface area contributed by atoms with Gasteiger partial charge >= 0.3 is 0 Å². The molecule has 2 aromatic heterocycles. The van der Waals surface area contributed by atoms with Crippen LogP contribution in [0.25, 0.3) is 5.69 Å². The van der Waals surface area contributed by atoms with E-state index in [1.165, 1.54) is 11.1 Å². The molecule has 0 N–H and O–H groups in total. The maximum atomic E-state index is 13.4. The van der Waals surface area contributed by atoms with Crippen LogP contribution < -0.4 is 4.74 Å². The molecule has 1 aliphatic heterocycles. The van der Waals surface area contributed by atoms with Gasteiger partial charge < -0.3 is 9.64 Å². The molecule has 1 saturated heterocycles. The molecule has 9 heteroatoms. The smallest absolute Gasteiger partial charge is 0.256 e. The van der Waals surface area contributed by atoms with Crippen molar-refractivity contribution in [3.05, 3.63) is 59.5 Å². The molecule has 1 aromatic carbocycles. The van der Waals surface area contributed by atoms with Crippen LogP contribution in [0.5, 0.6) is 5.88 Å². The highest BCUT2D eigenvalue weighted by Gasteiger charge is 2.32. The van der Waals surface area contributed by atoms with Gasteiger partial charge in [-0.15, -0.1) is 15.0 Å². The van der Waals surface area contributed by atoms with Gasteiger partial charge in [0.2, 0.25) is 5.88 Å². The van der Waals surface area contributed by atoms with Crippen molar-refractivity contribution in [2.75, 3.05) is 6.54 Å². The van der Waals surface area contributed by atoms with Crippen LogP contribution in [-0.2, 0) is 0 Å². The van der Waals surface area contributed by atoms with Crippen LogP contribution in [0, 0.1) is 18.3 Å². The van der Waals surface area contributed by atoms with E-state index >= 15 is 0 Å². The average molecular weight is 403 g/mol. The second kappa shape index (κ2) is 8.29. The quantitative estimate of drug-likeness (QED) is 0.657. The topological polar surface area (TPSA) is 110 Å². The fourth-order valence-electron chi connectivity index (χ4n) is 3.63. The predicted molar refractivity (Wildman–Crippen MR) is 107 cm³/mol. The third kappa shape index (κ3) is 3.72. The molecule has 0 aliphatic carbocycles. The third-order valence-electron chi connectivity index (χ3n) is 5.36. The van der Waals surface area contributed by atoms with Crippen LogP contribution in [0.1, 0.15) is 41.3 Å². The highest BCUT2D eigenvalue weighted by molar-refractivity contribution is 5.98. The number of carbonyl (C=O) groups excluding carboxylic acids is 1. The van der Waals surface area contributed by atoms with E-state index < -0.39 is 0 Å². The predicted octanol–water partition coefficient (Wildman–Crippen LogP) is 2.31. The lowest BCUT2D eigenvalue weighted by molar-refractivity contribution is 0.0371. The highest BCUT2D eigenvalue weighted by Crippen LogP contribution is 2.26. The van der Waals surface area contributed by atoms with Gasteiger partial charge in [-0.1, -0.05) is 12.1 Å². The number of para-hydroxylation sites is 1. The minimum Gasteiger partial charge on any atom is -0.472 e. The molecule has 4 rings (SSSR count). The number of nitrogens with zero attached hydrogens (tertiary/aromatic N) is 7. The Morgan fingerprint density at radius 3 is 2.87 bits per heavy atom. The molecule has 0 radical (unpaired) electrons. The van der Waals surface area contributed by atoms with Gasteiger partial charge in [0.15, 0.2) is 6.33 Å². The van der Waals surface area contributed by atoms with Crippen molar-refractivity contribution in [2.45, 2.75) is 38.8 Å². The Kier molecular flexibility index (Phi) is 5.39. The molecule has 1 fully saturated rings. The van der Waals surface area contributed by atoms with Gasteiger partial charge in [-0.3, -0.25) is 4.79 Å². The van der Waals surface area contributed by atoms with Gasteiger partial charge in [0, 0.05) is 17.8 Å². The summed E-state index contributed by atoms with van der Waals surface area (Å²) in [6, 6.07) is 11.1. The number of likely N-dealkylation sites (tertiary alicyclic amines) is 1. The molecular formula is C21H21N7O2. The van der Waals surface area contributed by atoms with Crippen LogP contribution >= 0.6 is 0 Å². The zero-order valence-corrected chi connectivity index (χ0v) is 16.8. The number of amides is 1. The first-order chi connectivity index (χ1) is 14.6. The number of pyridine rings is 1. The van der Waals surface area contributed by atoms with E-state index in [0.717, 1.165) is 12.8 Å². The molecule has 9 nitrogen and oxygen atoms in total. The molecule has 30 heavy (non-hydrogen) atoms. The van der Waals surface area contributed by atoms with E-state index in [9.17, 15) is 10.1 Å². The molecule has 2 atom stereocenters. The van der Waals surface area contributed by atoms with Gasteiger partial charge in [0.25, 0.3) is 5.91 Å². The van der Waals surface area contributed by atoms with Crippen molar-refractivity contribution >= 4 is 5.91 Å². The van der Waals surface area contributed by atoms with E-state index in [4.69, 9.17) is 4.74 Å². The fraction of sp³-hybridized carbons (Fsp3) is 0.333. The SMILES string of the molecule is Cc1c(C#N)ccnc1OC1CCC(C)N(C(=O)c2ccccc2-n2ncnn2)C1. The lowest BCUT2D eigenvalue weighted by atomic mass is 9.99. The van der Waals surface area contributed by atoms with Crippen molar-refractivity contribution in [1.82, 2.24) is 30.1 Å². The number of hydrogen-bond donors (Lipinski definition) is 0. The zero-order valence-electron chi connectivity index (χ0n) is 16.8. The van der Waals surface area contributed by atoms with E-state index in [0.29, 0.717) is 34.8 Å². The monoisotopic (exact) mass is 403 g/mol. The normalized spacial score (nSPS) is 18.6. The molecular weight excluding hydrogens is 382 g/mol. The minimum atomic E-state index is -0.207. The second-order valence-corrected chi connectivity index (χ2v) is 7.27. The summed E-state index contributed by atoms with van der Waals surface area (Å²) in [5, 5.41) is 20.9. The number of benzene rings is 1. The summed E-state index contributed by atoms with van der Waals surface area (Å²) >= 11 is 0. The first kappa shape index (κ1) is 19.5. The number of nitriles is 1. The molecule has 1 aliphatic rings. The molecule has 3 aromatic rings. The molecule has 2 unspecified atom stereocenters. The van der Waals surface area contributed by atoms with Gasteiger partial charge in [-0.2, -0.15) is 5.26 Å². The Labute approximate surface area is 173 Å². The summed E-state index contributed by atoms with van der Waals surface area (Å²) in [5.41, 5.74) is 2.32. The van der Waals surface area contributed by atoms with Crippen molar-refractivity contribution in [3.8, 4) is 17.6 Å². The standard InChI is InChI=1S/C21H21N7O2/c1-14-7-8-17(30-20-15(2)16(11-22)9-10-23-20)12-27(14)21(29)18-5-3-4-6-19(18)28-25-13-24-26-28/h3-6,9-10,13-14,17H,7-8,12H2,1-2H3. The maximum absolute atomic E-state index is 13.4. The number of piperidine rings is 1. The Balaban J connectivity index is 1.57. The summed E-state index contributed by atoms with van der Waals surface area (Å²) in [5.74, 6) is 0.326. The summed E-state index contributed by atoms with van der Waals surface area (Å²) in [7, 11) is 0. The summed E-state index contributed by atoms with van der Waals surface area (Å²) in [6.07, 6.45) is 4.30. The van der Waals surface area contributed by atoms with Crippen LogP contribution in [0.15, 0.2) is 42.9 Å². The molecule has 0 bridgehead atoms. The first-order valence-corrected chi connectivity index (χ1v) is 9.74. The van der Waals surface area contributed by atoms with Gasteiger partial charge in [0.1, 0.15) is 11.8 Å². The van der Waals surface area contributed by atoms with Gasteiger partial charge in [0.05, 0.1) is 23.7 Å². The summed E-state index contributed by atoms with van der Waals surface area (Å²) < 4.78 is 6.10. The third-order valence-corrected chi connectivity index (χ3v) is 5.36. The number of rotatable bonds is 4. The Morgan fingerprint density at radius 2 is 2.10 bits per heavy atom. The number of carbonyl (C=O) groups is 1. The Hall–Kier alpha value is -3.80. The van der Waals surface area contributed by atoms with Crippen LogP contribution in [-0.4, -0.2) is 54.7 Å². The minimum absolute atomic E-state index is 0.0635. The highest BCUT2D eigenvalue weighted by atomic mass is 16.5. The average Bonchev–Trinajstić information content (AvgIpc) is 3.31. The van der Waals surface area contributed by atoms with Crippen LogP contribution in [0.4, 0.5) is 0 Å². The van der Waals surface area contributed by atoms with Gasteiger partial charge in [-0.25, -0.2) is 4.98 Å². The number of tetrazole rings is 1. The van der Waals surface area contributed by atoms with E-state index in [2.05, 4.69) is 26.5 Å². The van der Waals surface area contributed by atoms with Crippen molar-refractivity contribution in [2.24, 2.45) is 0 Å². The fourth-order valence-corrected chi connectivity index (χ4v) is 3.63.